The summed E-state index contributed by atoms with van der Waals surface area (Å²) < 4.78 is 10.2. The van der Waals surface area contributed by atoms with E-state index in [0.29, 0.717) is 17.9 Å². The summed E-state index contributed by atoms with van der Waals surface area (Å²) >= 11 is 0. The molecule has 20 heavy (non-hydrogen) atoms. The monoisotopic (exact) mass is 272 g/mol. The molecule has 0 aliphatic carbocycles. The van der Waals surface area contributed by atoms with Gasteiger partial charge in [-0.3, -0.25) is 0 Å². The standard InChI is InChI=1S/C13H10N2O3.C2H6/c1-17-13(16)8-2-3-10-9(4-8)6-18-11-5-14-7-15-12(10)11;1-2/h2-5,7H,6H2,1H3;1-2H3. The van der Waals surface area contributed by atoms with Crippen molar-refractivity contribution in [2.45, 2.75) is 20.5 Å². The number of methoxy groups -OCH3 is 1. The van der Waals surface area contributed by atoms with E-state index in [1.807, 2.05) is 19.9 Å². The van der Waals surface area contributed by atoms with Gasteiger partial charge in [-0.2, -0.15) is 0 Å². The number of carbonyl (C=O) groups is 1. The van der Waals surface area contributed by atoms with E-state index < -0.39 is 0 Å². The van der Waals surface area contributed by atoms with Crippen molar-refractivity contribution in [1.29, 1.82) is 0 Å². The highest BCUT2D eigenvalue weighted by molar-refractivity contribution is 5.90. The zero-order chi connectivity index (χ0) is 14.5. The van der Waals surface area contributed by atoms with Gasteiger partial charge in [-0.1, -0.05) is 19.9 Å². The number of hydrogen-bond acceptors (Lipinski definition) is 5. The minimum Gasteiger partial charge on any atom is -0.485 e. The molecule has 0 atom stereocenters. The van der Waals surface area contributed by atoms with Crippen LogP contribution in [0.1, 0.15) is 29.8 Å². The summed E-state index contributed by atoms with van der Waals surface area (Å²) in [6.45, 7) is 4.40. The molecule has 2 aromatic rings. The zero-order valence-corrected chi connectivity index (χ0v) is 11.7. The Hall–Kier alpha value is -2.43. The van der Waals surface area contributed by atoms with Crippen LogP contribution in [0.15, 0.2) is 30.7 Å². The van der Waals surface area contributed by atoms with Crippen molar-refractivity contribution in [3.63, 3.8) is 0 Å². The van der Waals surface area contributed by atoms with Gasteiger partial charge in [-0.25, -0.2) is 14.8 Å². The fourth-order valence-corrected chi connectivity index (χ4v) is 1.97. The van der Waals surface area contributed by atoms with Crippen LogP contribution in [0.25, 0.3) is 11.3 Å². The van der Waals surface area contributed by atoms with Crippen LogP contribution < -0.4 is 4.74 Å². The first-order valence-electron chi connectivity index (χ1n) is 6.44. The number of aromatic nitrogens is 2. The van der Waals surface area contributed by atoms with Crippen molar-refractivity contribution >= 4 is 5.97 Å². The van der Waals surface area contributed by atoms with Gasteiger partial charge in [0.25, 0.3) is 0 Å². The Balaban J connectivity index is 0.000000704. The first kappa shape index (κ1) is 14.0. The third kappa shape index (κ3) is 2.47. The molecule has 3 rings (SSSR count). The average molecular weight is 272 g/mol. The second-order valence-corrected chi connectivity index (χ2v) is 3.89. The molecule has 0 saturated carbocycles. The Morgan fingerprint density at radius 3 is 2.90 bits per heavy atom. The SMILES string of the molecule is CC.COC(=O)c1ccc2c(c1)COc1cncnc1-2. The van der Waals surface area contributed by atoms with Crippen molar-refractivity contribution in [3.8, 4) is 17.0 Å². The van der Waals surface area contributed by atoms with Gasteiger partial charge in [0, 0.05) is 5.56 Å². The number of carbonyl (C=O) groups excluding carboxylic acids is 1. The quantitative estimate of drug-likeness (QED) is 0.747. The number of ether oxygens (including phenoxy) is 2. The molecule has 2 heterocycles. The highest BCUT2D eigenvalue weighted by Crippen LogP contribution is 2.35. The summed E-state index contributed by atoms with van der Waals surface area (Å²) in [5.41, 5.74) is 3.15. The first-order valence-corrected chi connectivity index (χ1v) is 6.44. The Morgan fingerprint density at radius 2 is 2.15 bits per heavy atom. The molecule has 0 bridgehead atoms. The predicted molar refractivity (Wildman–Crippen MR) is 74.5 cm³/mol. The molecule has 0 saturated heterocycles. The minimum absolute atomic E-state index is 0.355. The number of esters is 1. The third-order valence-electron chi connectivity index (χ3n) is 2.84. The van der Waals surface area contributed by atoms with Crippen molar-refractivity contribution in [3.05, 3.63) is 41.9 Å². The van der Waals surface area contributed by atoms with E-state index in [9.17, 15) is 4.79 Å². The van der Waals surface area contributed by atoms with E-state index in [2.05, 4.69) is 9.97 Å². The van der Waals surface area contributed by atoms with Gasteiger partial charge in [0.1, 0.15) is 18.6 Å². The summed E-state index contributed by atoms with van der Waals surface area (Å²) in [5.74, 6) is 0.308. The van der Waals surface area contributed by atoms with Crippen LogP contribution in [0.3, 0.4) is 0 Å². The molecule has 5 heteroatoms. The van der Waals surface area contributed by atoms with E-state index in [4.69, 9.17) is 9.47 Å². The highest BCUT2D eigenvalue weighted by atomic mass is 16.5. The molecule has 0 fully saturated rings. The fourth-order valence-electron chi connectivity index (χ4n) is 1.97. The summed E-state index contributed by atoms with van der Waals surface area (Å²) in [6.07, 6.45) is 3.12. The Kier molecular flexibility index (Phi) is 4.30. The van der Waals surface area contributed by atoms with E-state index in [0.717, 1.165) is 16.8 Å². The van der Waals surface area contributed by atoms with E-state index in [-0.39, 0.29) is 5.97 Å². The summed E-state index contributed by atoms with van der Waals surface area (Å²) in [5, 5.41) is 0. The maximum Gasteiger partial charge on any atom is 0.337 e. The lowest BCUT2D eigenvalue weighted by molar-refractivity contribution is 0.0600. The molecule has 1 aromatic heterocycles. The summed E-state index contributed by atoms with van der Waals surface area (Å²) in [6, 6.07) is 5.35. The topological polar surface area (TPSA) is 61.3 Å². The van der Waals surface area contributed by atoms with Crippen LogP contribution in [-0.2, 0) is 11.3 Å². The summed E-state index contributed by atoms with van der Waals surface area (Å²) in [7, 11) is 1.36. The lowest BCUT2D eigenvalue weighted by atomic mass is 9.99. The Bertz CT molecular complexity index is 626. The van der Waals surface area contributed by atoms with Gasteiger partial charge >= 0.3 is 5.97 Å². The van der Waals surface area contributed by atoms with Crippen molar-refractivity contribution in [2.24, 2.45) is 0 Å². The molecule has 5 nitrogen and oxygen atoms in total. The van der Waals surface area contributed by atoms with Gasteiger partial charge in [0.2, 0.25) is 0 Å². The predicted octanol–water partition coefficient (Wildman–Crippen LogP) is 2.85. The molecule has 0 amide bonds. The molecule has 0 N–H and O–H groups in total. The Morgan fingerprint density at radius 1 is 1.35 bits per heavy atom. The minimum atomic E-state index is -0.355. The molecular weight excluding hydrogens is 256 g/mol. The number of benzene rings is 1. The lowest BCUT2D eigenvalue weighted by Gasteiger charge is -2.19. The molecule has 1 aliphatic heterocycles. The Labute approximate surface area is 117 Å². The number of hydrogen-bond donors (Lipinski definition) is 0. The average Bonchev–Trinajstić information content (AvgIpc) is 2.55. The van der Waals surface area contributed by atoms with Crippen LogP contribution in [0, 0.1) is 0 Å². The van der Waals surface area contributed by atoms with Gasteiger partial charge in [0.15, 0.2) is 5.75 Å². The molecule has 1 aliphatic rings. The molecular formula is C15H16N2O3. The van der Waals surface area contributed by atoms with Crippen molar-refractivity contribution < 1.29 is 14.3 Å². The highest BCUT2D eigenvalue weighted by Gasteiger charge is 2.20. The number of rotatable bonds is 1. The fraction of sp³-hybridized carbons (Fsp3) is 0.267. The molecule has 0 unspecified atom stereocenters. The molecule has 1 aromatic carbocycles. The third-order valence-corrected chi connectivity index (χ3v) is 2.84. The van der Waals surface area contributed by atoms with Crippen LogP contribution >= 0.6 is 0 Å². The summed E-state index contributed by atoms with van der Waals surface area (Å²) in [4.78, 5) is 19.6. The number of nitrogens with zero attached hydrogens (tertiary/aromatic N) is 2. The van der Waals surface area contributed by atoms with Gasteiger partial charge in [0.05, 0.1) is 18.9 Å². The zero-order valence-electron chi connectivity index (χ0n) is 11.7. The van der Waals surface area contributed by atoms with E-state index >= 15 is 0 Å². The van der Waals surface area contributed by atoms with Gasteiger partial charge in [-0.15, -0.1) is 0 Å². The van der Waals surface area contributed by atoms with Crippen molar-refractivity contribution in [1.82, 2.24) is 9.97 Å². The molecule has 0 spiro atoms. The van der Waals surface area contributed by atoms with Crippen LogP contribution in [0.2, 0.25) is 0 Å². The molecule has 104 valence electrons. The van der Waals surface area contributed by atoms with E-state index in [1.54, 1.807) is 18.3 Å². The number of fused-ring (bicyclic) bond motifs is 3. The maximum atomic E-state index is 11.5. The maximum absolute atomic E-state index is 11.5. The normalized spacial score (nSPS) is 11.2. The van der Waals surface area contributed by atoms with E-state index in [1.165, 1.54) is 13.4 Å². The second-order valence-electron chi connectivity index (χ2n) is 3.89. The van der Waals surface area contributed by atoms with Crippen LogP contribution in [0.5, 0.6) is 5.75 Å². The second kappa shape index (κ2) is 6.14. The smallest absolute Gasteiger partial charge is 0.337 e. The molecule has 0 radical (unpaired) electrons. The van der Waals surface area contributed by atoms with Gasteiger partial charge < -0.3 is 9.47 Å². The first-order chi connectivity index (χ1) is 9.79. The van der Waals surface area contributed by atoms with Crippen molar-refractivity contribution in [2.75, 3.05) is 7.11 Å². The van der Waals surface area contributed by atoms with Gasteiger partial charge in [-0.05, 0) is 17.7 Å². The largest absolute Gasteiger partial charge is 0.485 e. The lowest BCUT2D eigenvalue weighted by Crippen LogP contribution is -2.09. The van der Waals surface area contributed by atoms with Crippen LogP contribution in [-0.4, -0.2) is 23.0 Å². The van der Waals surface area contributed by atoms with Crippen LogP contribution in [0.4, 0.5) is 0 Å².